The van der Waals surface area contributed by atoms with Crippen molar-refractivity contribution in [2.45, 2.75) is 26.2 Å². The third-order valence-corrected chi connectivity index (χ3v) is 3.40. The summed E-state index contributed by atoms with van der Waals surface area (Å²) in [6.07, 6.45) is 2.81. The Morgan fingerprint density at radius 1 is 1.29 bits per heavy atom. The van der Waals surface area contributed by atoms with Crippen LogP contribution in [0.5, 0.6) is 0 Å². The molecule has 2 N–H and O–H groups in total. The van der Waals surface area contributed by atoms with Gasteiger partial charge in [0.25, 0.3) is 0 Å². The van der Waals surface area contributed by atoms with Gasteiger partial charge in [0.1, 0.15) is 0 Å². The van der Waals surface area contributed by atoms with Gasteiger partial charge in [-0.15, -0.1) is 0 Å². The molecule has 5 heteroatoms. The third-order valence-electron chi connectivity index (χ3n) is 3.40. The van der Waals surface area contributed by atoms with Crippen LogP contribution >= 0.6 is 0 Å². The first-order valence-electron chi connectivity index (χ1n) is 7.09. The molecule has 0 bridgehead atoms. The van der Waals surface area contributed by atoms with Crippen LogP contribution in [0.4, 0.5) is 5.69 Å². The van der Waals surface area contributed by atoms with Crippen LogP contribution < -0.4 is 5.73 Å². The number of hydrogen-bond acceptors (Lipinski definition) is 4. The summed E-state index contributed by atoms with van der Waals surface area (Å²) in [5.74, 6) is -0.407. The molecule has 1 aromatic heterocycles. The zero-order chi connectivity index (χ0) is 15.2. The minimum absolute atomic E-state index is 0.329. The Labute approximate surface area is 124 Å². The maximum atomic E-state index is 12.0. The second kappa shape index (κ2) is 6.92. The van der Waals surface area contributed by atoms with Crippen LogP contribution in [0.1, 0.15) is 34.6 Å². The number of carbonyl (C=O) groups is 1. The highest BCUT2D eigenvalue weighted by Crippen LogP contribution is 2.16. The van der Waals surface area contributed by atoms with Gasteiger partial charge in [0.05, 0.1) is 18.0 Å². The van der Waals surface area contributed by atoms with Crippen molar-refractivity contribution in [3.8, 4) is 0 Å². The summed E-state index contributed by atoms with van der Waals surface area (Å²) in [4.78, 5) is 12.0. The number of nitrogens with two attached hydrogens (primary N) is 1. The Balaban J connectivity index is 1.75. The Hall–Kier alpha value is -2.30. The van der Waals surface area contributed by atoms with E-state index in [1.165, 1.54) is 10.2 Å². The number of nitrogens with zero attached hydrogens (tertiary/aromatic N) is 2. The van der Waals surface area contributed by atoms with Crippen molar-refractivity contribution in [2.24, 2.45) is 7.05 Å². The molecule has 0 radical (unpaired) electrons. The summed E-state index contributed by atoms with van der Waals surface area (Å²) < 4.78 is 6.73. The maximum absolute atomic E-state index is 12.0. The van der Waals surface area contributed by atoms with Gasteiger partial charge in [-0.05, 0) is 31.7 Å². The van der Waals surface area contributed by atoms with E-state index in [0.29, 0.717) is 23.7 Å². The number of ether oxygens (including phenoxy) is 1. The summed E-state index contributed by atoms with van der Waals surface area (Å²) in [6, 6.07) is 10.3. The fourth-order valence-corrected chi connectivity index (χ4v) is 2.23. The van der Waals surface area contributed by atoms with Crippen molar-refractivity contribution >= 4 is 11.7 Å². The van der Waals surface area contributed by atoms with Crippen LogP contribution in [0.3, 0.4) is 0 Å². The molecule has 0 amide bonds. The number of aromatic nitrogens is 2. The van der Waals surface area contributed by atoms with Gasteiger partial charge >= 0.3 is 5.97 Å². The second-order valence-corrected chi connectivity index (χ2v) is 5.05. The monoisotopic (exact) mass is 287 g/mol. The first-order chi connectivity index (χ1) is 10.1. The molecular weight excluding hydrogens is 266 g/mol. The van der Waals surface area contributed by atoms with E-state index in [1.54, 1.807) is 14.0 Å². The van der Waals surface area contributed by atoms with Crippen molar-refractivity contribution in [3.05, 3.63) is 47.3 Å². The summed E-state index contributed by atoms with van der Waals surface area (Å²) in [5.41, 5.74) is 8.50. The second-order valence-electron chi connectivity index (χ2n) is 5.05. The van der Waals surface area contributed by atoms with E-state index in [4.69, 9.17) is 10.5 Å². The van der Waals surface area contributed by atoms with Gasteiger partial charge in [0, 0.05) is 7.05 Å². The summed E-state index contributed by atoms with van der Waals surface area (Å²) in [5, 5.41) is 4.11. The minimum atomic E-state index is -0.407. The van der Waals surface area contributed by atoms with Gasteiger partial charge in [-0.25, -0.2) is 4.79 Å². The van der Waals surface area contributed by atoms with Gasteiger partial charge in [-0.1, -0.05) is 30.3 Å². The molecule has 112 valence electrons. The fourth-order valence-electron chi connectivity index (χ4n) is 2.23. The first kappa shape index (κ1) is 15.1. The molecular formula is C16H21N3O2. The van der Waals surface area contributed by atoms with E-state index in [2.05, 4.69) is 17.2 Å². The number of carbonyl (C=O) groups excluding carboxylic acids is 1. The van der Waals surface area contributed by atoms with Crippen molar-refractivity contribution in [1.82, 2.24) is 9.78 Å². The molecule has 0 unspecified atom stereocenters. The fraction of sp³-hybridized carbons (Fsp3) is 0.375. The Kier molecular flexibility index (Phi) is 4.98. The van der Waals surface area contributed by atoms with Crippen LogP contribution in [0.15, 0.2) is 30.3 Å². The molecule has 2 rings (SSSR count). The van der Waals surface area contributed by atoms with Gasteiger partial charge in [-0.2, -0.15) is 5.10 Å². The normalized spacial score (nSPS) is 10.6. The molecule has 0 aliphatic carbocycles. The molecule has 0 fully saturated rings. The van der Waals surface area contributed by atoms with Crippen molar-refractivity contribution in [2.75, 3.05) is 12.3 Å². The molecule has 0 spiro atoms. The van der Waals surface area contributed by atoms with Gasteiger partial charge < -0.3 is 10.5 Å². The quantitative estimate of drug-likeness (QED) is 0.654. The highest BCUT2D eigenvalue weighted by Gasteiger charge is 2.18. The van der Waals surface area contributed by atoms with Gasteiger partial charge in [0.15, 0.2) is 5.69 Å². The van der Waals surface area contributed by atoms with Gasteiger partial charge in [-0.3, -0.25) is 4.68 Å². The Bertz CT molecular complexity index is 605. The van der Waals surface area contributed by atoms with E-state index in [-0.39, 0.29) is 0 Å². The number of benzene rings is 1. The standard InChI is InChI=1S/C16H21N3O2/c1-12-14(17)15(19(2)18-12)16(20)21-11-7-6-10-13-8-4-3-5-9-13/h3-5,8-9H,6-7,10-11,17H2,1-2H3. The number of anilines is 1. The van der Waals surface area contributed by atoms with Crippen LogP contribution in [0, 0.1) is 6.92 Å². The molecule has 0 saturated heterocycles. The van der Waals surface area contributed by atoms with E-state index < -0.39 is 5.97 Å². The van der Waals surface area contributed by atoms with E-state index in [9.17, 15) is 4.79 Å². The number of nitrogen functional groups attached to an aromatic ring is 1. The average Bonchev–Trinajstić information content (AvgIpc) is 2.73. The van der Waals surface area contributed by atoms with Crippen molar-refractivity contribution < 1.29 is 9.53 Å². The lowest BCUT2D eigenvalue weighted by Crippen LogP contribution is -2.13. The number of rotatable bonds is 6. The lowest BCUT2D eigenvalue weighted by molar-refractivity contribution is 0.0487. The molecule has 0 atom stereocenters. The number of esters is 1. The minimum Gasteiger partial charge on any atom is -0.461 e. The highest BCUT2D eigenvalue weighted by molar-refractivity contribution is 5.93. The van der Waals surface area contributed by atoms with Crippen molar-refractivity contribution in [3.63, 3.8) is 0 Å². The van der Waals surface area contributed by atoms with Crippen LogP contribution in [-0.2, 0) is 18.2 Å². The maximum Gasteiger partial charge on any atom is 0.358 e. The summed E-state index contributed by atoms with van der Waals surface area (Å²) in [6.45, 7) is 2.17. The zero-order valence-corrected chi connectivity index (χ0v) is 12.5. The molecule has 0 aliphatic rings. The van der Waals surface area contributed by atoms with Gasteiger partial charge in [0.2, 0.25) is 0 Å². The Morgan fingerprint density at radius 3 is 2.62 bits per heavy atom. The van der Waals surface area contributed by atoms with E-state index in [1.807, 2.05) is 18.2 Å². The number of unbranched alkanes of at least 4 members (excludes halogenated alkanes) is 1. The zero-order valence-electron chi connectivity index (χ0n) is 12.5. The number of hydrogen-bond donors (Lipinski definition) is 1. The summed E-state index contributed by atoms with van der Waals surface area (Å²) in [7, 11) is 1.69. The molecule has 1 heterocycles. The predicted octanol–water partition coefficient (Wildman–Crippen LogP) is 2.49. The smallest absolute Gasteiger partial charge is 0.358 e. The lowest BCUT2D eigenvalue weighted by atomic mass is 10.1. The predicted molar refractivity (Wildman–Crippen MR) is 82.0 cm³/mol. The Morgan fingerprint density at radius 2 is 2.00 bits per heavy atom. The van der Waals surface area contributed by atoms with Crippen molar-refractivity contribution in [1.29, 1.82) is 0 Å². The summed E-state index contributed by atoms with van der Waals surface area (Å²) >= 11 is 0. The third kappa shape index (κ3) is 3.84. The largest absolute Gasteiger partial charge is 0.461 e. The van der Waals surface area contributed by atoms with Crippen LogP contribution in [0.2, 0.25) is 0 Å². The highest BCUT2D eigenvalue weighted by atomic mass is 16.5. The molecule has 2 aromatic rings. The molecule has 1 aromatic carbocycles. The van der Waals surface area contributed by atoms with Crippen LogP contribution in [0.25, 0.3) is 0 Å². The topological polar surface area (TPSA) is 70.1 Å². The molecule has 0 aliphatic heterocycles. The molecule has 0 saturated carbocycles. The number of aryl methyl sites for hydroxylation is 3. The van der Waals surface area contributed by atoms with Crippen LogP contribution in [-0.4, -0.2) is 22.4 Å². The average molecular weight is 287 g/mol. The molecule has 21 heavy (non-hydrogen) atoms. The SMILES string of the molecule is Cc1nn(C)c(C(=O)OCCCCc2ccccc2)c1N. The first-order valence-corrected chi connectivity index (χ1v) is 7.09. The lowest BCUT2D eigenvalue weighted by Gasteiger charge is -2.06. The van der Waals surface area contributed by atoms with E-state index >= 15 is 0 Å². The van der Waals surface area contributed by atoms with E-state index in [0.717, 1.165) is 19.3 Å². The molecule has 5 nitrogen and oxygen atoms in total.